The van der Waals surface area contributed by atoms with Crippen molar-refractivity contribution < 1.29 is 4.74 Å². The fraction of sp³-hybridized carbons (Fsp3) is 1.00. The van der Waals surface area contributed by atoms with Crippen LogP contribution in [0.25, 0.3) is 0 Å². The van der Waals surface area contributed by atoms with Crippen molar-refractivity contribution in [2.75, 3.05) is 26.7 Å². The van der Waals surface area contributed by atoms with Crippen LogP contribution in [0.15, 0.2) is 0 Å². The minimum Gasteiger partial charge on any atom is -0.380 e. The number of nitrogens with zero attached hydrogens (tertiary/aromatic N) is 1. The van der Waals surface area contributed by atoms with Gasteiger partial charge in [0.05, 0.1) is 6.10 Å². The van der Waals surface area contributed by atoms with Gasteiger partial charge in [0.2, 0.25) is 0 Å². The molecule has 20 heavy (non-hydrogen) atoms. The van der Waals surface area contributed by atoms with Crippen molar-refractivity contribution in [2.45, 2.75) is 77.0 Å². The first-order valence-electron chi connectivity index (χ1n) is 8.78. The Bertz CT molecular complexity index is 272. The van der Waals surface area contributed by atoms with E-state index in [1.807, 2.05) is 7.11 Å². The van der Waals surface area contributed by atoms with Crippen molar-refractivity contribution in [1.29, 1.82) is 0 Å². The minimum absolute atomic E-state index is 0.456. The topological polar surface area (TPSA) is 24.5 Å². The Balaban J connectivity index is 1.97. The first kappa shape index (κ1) is 16.3. The first-order valence-corrected chi connectivity index (χ1v) is 8.78. The highest BCUT2D eigenvalue weighted by Crippen LogP contribution is 2.31. The normalized spacial score (nSPS) is 36.1. The van der Waals surface area contributed by atoms with Gasteiger partial charge in [-0.15, -0.1) is 0 Å². The molecule has 1 aliphatic heterocycles. The molecule has 2 rings (SSSR count). The molecule has 0 amide bonds. The predicted octanol–water partition coefficient (Wildman–Crippen LogP) is 3.04. The average molecular weight is 282 g/mol. The Morgan fingerprint density at radius 2 is 2.05 bits per heavy atom. The quantitative estimate of drug-likeness (QED) is 0.810. The Hall–Kier alpha value is -0.120. The van der Waals surface area contributed by atoms with Gasteiger partial charge in [-0.2, -0.15) is 0 Å². The van der Waals surface area contributed by atoms with E-state index in [2.05, 4.69) is 24.1 Å². The molecular formula is C17H34N2O. The second kappa shape index (κ2) is 8.35. The van der Waals surface area contributed by atoms with Gasteiger partial charge >= 0.3 is 0 Å². The summed E-state index contributed by atoms with van der Waals surface area (Å²) in [5, 5.41) is 3.81. The zero-order valence-electron chi connectivity index (χ0n) is 13.7. The number of likely N-dealkylation sites (tertiary alicyclic amines) is 1. The zero-order valence-corrected chi connectivity index (χ0v) is 13.7. The van der Waals surface area contributed by atoms with Crippen LogP contribution in [-0.4, -0.2) is 49.8 Å². The Morgan fingerprint density at radius 3 is 2.75 bits per heavy atom. The van der Waals surface area contributed by atoms with Crippen LogP contribution in [0.4, 0.5) is 0 Å². The maximum atomic E-state index is 5.62. The first-order chi connectivity index (χ1) is 9.78. The van der Waals surface area contributed by atoms with Gasteiger partial charge in [-0.25, -0.2) is 0 Å². The van der Waals surface area contributed by atoms with Crippen LogP contribution in [0.2, 0.25) is 0 Å². The highest BCUT2D eigenvalue weighted by molar-refractivity contribution is 4.93. The molecule has 0 spiro atoms. The van der Waals surface area contributed by atoms with E-state index in [4.69, 9.17) is 4.74 Å². The van der Waals surface area contributed by atoms with Crippen LogP contribution in [0.3, 0.4) is 0 Å². The molecule has 3 nitrogen and oxygen atoms in total. The average Bonchev–Trinajstić information content (AvgIpc) is 2.52. The van der Waals surface area contributed by atoms with Crippen molar-refractivity contribution in [2.24, 2.45) is 5.92 Å². The molecule has 2 aliphatic rings. The molecule has 1 heterocycles. The minimum atomic E-state index is 0.456. The van der Waals surface area contributed by atoms with Crippen molar-refractivity contribution in [3.8, 4) is 0 Å². The highest BCUT2D eigenvalue weighted by Gasteiger charge is 2.35. The fourth-order valence-electron chi connectivity index (χ4n) is 4.03. The number of piperidine rings is 1. The Morgan fingerprint density at radius 1 is 1.20 bits per heavy atom. The summed E-state index contributed by atoms with van der Waals surface area (Å²) in [6.45, 7) is 8.20. The number of hydrogen-bond acceptors (Lipinski definition) is 3. The smallest absolute Gasteiger partial charge is 0.0698 e. The van der Waals surface area contributed by atoms with Crippen molar-refractivity contribution in [1.82, 2.24) is 10.2 Å². The summed E-state index contributed by atoms with van der Waals surface area (Å²) >= 11 is 0. The van der Waals surface area contributed by atoms with Gasteiger partial charge in [0.15, 0.2) is 0 Å². The van der Waals surface area contributed by atoms with Gasteiger partial charge in [-0.05, 0) is 57.5 Å². The standard InChI is InChI=1S/C17H34N2O/c1-4-10-18-16-9-8-14(5-2)12-17(16)19-11-6-7-15(13-19)20-3/h14-18H,4-13H2,1-3H3. The van der Waals surface area contributed by atoms with Gasteiger partial charge in [0.25, 0.3) is 0 Å². The van der Waals surface area contributed by atoms with Gasteiger partial charge in [0, 0.05) is 25.7 Å². The second-order valence-corrected chi connectivity index (χ2v) is 6.71. The molecule has 0 radical (unpaired) electrons. The van der Waals surface area contributed by atoms with Crippen LogP contribution in [0.5, 0.6) is 0 Å². The molecule has 0 aromatic rings. The number of hydrogen-bond donors (Lipinski definition) is 1. The molecular weight excluding hydrogens is 248 g/mol. The van der Waals surface area contributed by atoms with Crippen LogP contribution in [-0.2, 0) is 4.74 Å². The number of ether oxygens (including phenoxy) is 1. The number of nitrogens with one attached hydrogen (secondary N) is 1. The molecule has 4 unspecified atom stereocenters. The van der Waals surface area contributed by atoms with E-state index < -0.39 is 0 Å². The highest BCUT2D eigenvalue weighted by atomic mass is 16.5. The third-order valence-electron chi connectivity index (χ3n) is 5.37. The third kappa shape index (κ3) is 4.19. The summed E-state index contributed by atoms with van der Waals surface area (Å²) in [4.78, 5) is 2.73. The molecule has 3 heteroatoms. The van der Waals surface area contributed by atoms with E-state index in [-0.39, 0.29) is 0 Å². The second-order valence-electron chi connectivity index (χ2n) is 6.71. The summed E-state index contributed by atoms with van der Waals surface area (Å²) in [6, 6.07) is 1.44. The summed E-state index contributed by atoms with van der Waals surface area (Å²) in [5.41, 5.74) is 0. The lowest BCUT2D eigenvalue weighted by atomic mass is 9.79. The summed E-state index contributed by atoms with van der Waals surface area (Å²) in [5.74, 6) is 0.933. The molecule has 2 fully saturated rings. The molecule has 1 aliphatic carbocycles. The van der Waals surface area contributed by atoms with Gasteiger partial charge in [-0.1, -0.05) is 20.3 Å². The van der Waals surface area contributed by atoms with Crippen LogP contribution in [0, 0.1) is 5.92 Å². The number of methoxy groups -OCH3 is 1. The molecule has 118 valence electrons. The molecule has 1 saturated carbocycles. The van der Waals surface area contributed by atoms with E-state index in [0.29, 0.717) is 12.1 Å². The largest absolute Gasteiger partial charge is 0.380 e. The predicted molar refractivity (Wildman–Crippen MR) is 85.1 cm³/mol. The van der Waals surface area contributed by atoms with Gasteiger partial charge in [-0.3, -0.25) is 4.90 Å². The van der Waals surface area contributed by atoms with E-state index in [0.717, 1.165) is 18.5 Å². The van der Waals surface area contributed by atoms with E-state index in [1.54, 1.807) is 0 Å². The summed E-state index contributed by atoms with van der Waals surface area (Å²) in [7, 11) is 1.87. The zero-order chi connectivity index (χ0) is 14.4. The molecule has 1 N–H and O–H groups in total. The van der Waals surface area contributed by atoms with E-state index in [9.17, 15) is 0 Å². The summed E-state index contributed by atoms with van der Waals surface area (Å²) < 4.78 is 5.62. The lowest BCUT2D eigenvalue weighted by Gasteiger charge is -2.46. The van der Waals surface area contributed by atoms with E-state index in [1.165, 1.54) is 58.0 Å². The SMILES string of the molecule is CCCNC1CCC(CC)CC1N1CCCC(OC)C1. The van der Waals surface area contributed by atoms with Crippen LogP contribution in [0.1, 0.15) is 58.8 Å². The Labute approximate surface area is 125 Å². The van der Waals surface area contributed by atoms with Crippen molar-refractivity contribution >= 4 is 0 Å². The molecule has 1 saturated heterocycles. The van der Waals surface area contributed by atoms with Crippen LogP contribution < -0.4 is 5.32 Å². The van der Waals surface area contributed by atoms with Crippen molar-refractivity contribution in [3.05, 3.63) is 0 Å². The monoisotopic (exact) mass is 282 g/mol. The van der Waals surface area contributed by atoms with Crippen LogP contribution >= 0.6 is 0 Å². The molecule has 4 atom stereocenters. The molecule has 0 aromatic carbocycles. The van der Waals surface area contributed by atoms with Gasteiger partial charge < -0.3 is 10.1 Å². The summed E-state index contributed by atoms with van der Waals surface area (Å²) in [6.07, 6.45) is 9.73. The van der Waals surface area contributed by atoms with E-state index >= 15 is 0 Å². The van der Waals surface area contributed by atoms with Crippen molar-refractivity contribution in [3.63, 3.8) is 0 Å². The third-order valence-corrected chi connectivity index (χ3v) is 5.37. The Kier molecular flexibility index (Phi) is 6.79. The molecule has 0 aromatic heterocycles. The maximum absolute atomic E-state index is 5.62. The fourth-order valence-corrected chi connectivity index (χ4v) is 4.03. The maximum Gasteiger partial charge on any atom is 0.0698 e. The molecule has 0 bridgehead atoms. The lowest BCUT2D eigenvalue weighted by molar-refractivity contribution is -0.00606. The van der Waals surface area contributed by atoms with Gasteiger partial charge in [0.1, 0.15) is 0 Å². The number of rotatable bonds is 6. The lowest BCUT2D eigenvalue weighted by Crippen LogP contribution is -2.56.